The number of hydrogen-bond donors (Lipinski definition) is 1. The van der Waals surface area contributed by atoms with Crippen molar-refractivity contribution in [3.05, 3.63) is 52.4 Å². The summed E-state index contributed by atoms with van der Waals surface area (Å²) in [6, 6.07) is 8.05. The molecule has 0 aliphatic rings. The summed E-state index contributed by atoms with van der Waals surface area (Å²) in [5, 5.41) is 14.2. The highest BCUT2D eigenvalue weighted by Gasteiger charge is 2.09. The molecular weight excluding hydrogens is 224 g/mol. The highest BCUT2D eigenvalue weighted by atomic mass is 16.6. The molecule has 0 atom stereocenters. The molecule has 0 spiro atoms. The maximum Gasteiger partial charge on any atom is 0.433 e. The van der Waals surface area contributed by atoms with E-state index in [2.05, 4.69) is 15.5 Å². The van der Waals surface area contributed by atoms with Gasteiger partial charge in [-0.25, -0.2) is 4.98 Å². The Balaban J connectivity index is 1.98. The molecule has 0 unspecified atom stereocenters. The molecule has 7 heteroatoms. The molecule has 0 aliphatic heterocycles. The van der Waals surface area contributed by atoms with Gasteiger partial charge < -0.3 is 4.42 Å². The van der Waals surface area contributed by atoms with Gasteiger partial charge in [-0.1, -0.05) is 6.07 Å². The zero-order valence-corrected chi connectivity index (χ0v) is 8.61. The van der Waals surface area contributed by atoms with E-state index in [1.807, 2.05) is 6.07 Å². The quantitative estimate of drug-likeness (QED) is 0.494. The Morgan fingerprint density at radius 3 is 2.94 bits per heavy atom. The van der Waals surface area contributed by atoms with Gasteiger partial charge in [0, 0.05) is 6.20 Å². The Morgan fingerprint density at radius 1 is 1.41 bits per heavy atom. The van der Waals surface area contributed by atoms with Gasteiger partial charge in [-0.3, -0.25) is 15.5 Å². The summed E-state index contributed by atoms with van der Waals surface area (Å²) in [6.45, 7) is 0. The molecule has 2 aromatic rings. The van der Waals surface area contributed by atoms with Crippen molar-refractivity contribution < 1.29 is 9.34 Å². The second kappa shape index (κ2) is 4.88. The lowest BCUT2D eigenvalue weighted by Crippen LogP contribution is -1.91. The smallest absolute Gasteiger partial charge is 0.400 e. The molecule has 7 nitrogen and oxygen atoms in total. The van der Waals surface area contributed by atoms with E-state index in [1.54, 1.807) is 18.3 Å². The topological polar surface area (TPSA) is 93.6 Å². The first kappa shape index (κ1) is 10.8. The van der Waals surface area contributed by atoms with Crippen molar-refractivity contribution in [3.8, 4) is 0 Å². The first-order valence-corrected chi connectivity index (χ1v) is 4.70. The van der Waals surface area contributed by atoms with Gasteiger partial charge in [0.2, 0.25) is 0 Å². The molecule has 0 saturated heterocycles. The number of nitrogens with one attached hydrogen (secondary N) is 1. The van der Waals surface area contributed by atoms with Crippen LogP contribution in [0.2, 0.25) is 0 Å². The van der Waals surface area contributed by atoms with E-state index in [0.717, 1.165) is 0 Å². The van der Waals surface area contributed by atoms with Gasteiger partial charge in [0.15, 0.2) is 5.76 Å². The highest BCUT2D eigenvalue weighted by molar-refractivity contribution is 5.76. The average molecular weight is 232 g/mol. The van der Waals surface area contributed by atoms with Crippen molar-refractivity contribution in [2.75, 3.05) is 5.43 Å². The monoisotopic (exact) mass is 232 g/mol. The third kappa shape index (κ3) is 2.88. The predicted octanol–water partition coefficient (Wildman–Crippen LogP) is 2.03. The SMILES string of the molecule is O=[N+]([O-])c1ccc(/C=N/Nc2ccccn2)o1. The second-order valence-corrected chi connectivity index (χ2v) is 3.02. The van der Waals surface area contributed by atoms with Crippen LogP contribution in [-0.4, -0.2) is 16.1 Å². The van der Waals surface area contributed by atoms with Crippen LogP contribution in [-0.2, 0) is 0 Å². The first-order valence-electron chi connectivity index (χ1n) is 4.70. The number of pyridine rings is 1. The Kier molecular flexibility index (Phi) is 3.10. The van der Waals surface area contributed by atoms with E-state index in [4.69, 9.17) is 4.42 Å². The number of rotatable bonds is 4. The maximum absolute atomic E-state index is 10.4. The van der Waals surface area contributed by atoms with Crippen LogP contribution in [0.3, 0.4) is 0 Å². The molecule has 0 bridgehead atoms. The molecule has 0 radical (unpaired) electrons. The van der Waals surface area contributed by atoms with Crippen molar-refractivity contribution in [2.24, 2.45) is 5.10 Å². The number of nitrogens with zero attached hydrogens (tertiary/aromatic N) is 3. The lowest BCUT2D eigenvalue weighted by molar-refractivity contribution is -0.402. The van der Waals surface area contributed by atoms with E-state index >= 15 is 0 Å². The fourth-order valence-electron chi connectivity index (χ4n) is 1.10. The molecule has 17 heavy (non-hydrogen) atoms. The van der Waals surface area contributed by atoms with Crippen molar-refractivity contribution >= 4 is 17.9 Å². The molecule has 0 aromatic carbocycles. The summed E-state index contributed by atoms with van der Waals surface area (Å²) >= 11 is 0. The number of aromatic nitrogens is 1. The molecule has 2 aromatic heterocycles. The lowest BCUT2D eigenvalue weighted by atomic mass is 10.5. The van der Waals surface area contributed by atoms with Crippen LogP contribution >= 0.6 is 0 Å². The van der Waals surface area contributed by atoms with Crippen LogP contribution in [0.25, 0.3) is 0 Å². The molecule has 0 amide bonds. The summed E-state index contributed by atoms with van der Waals surface area (Å²) in [7, 11) is 0. The van der Waals surface area contributed by atoms with Crippen LogP contribution in [0.15, 0.2) is 46.0 Å². The number of furan rings is 1. The number of hydrazone groups is 1. The minimum absolute atomic E-state index is 0.292. The van der Waals surface area contributed by atoms with E-state index < -0.39 is 4.92 Å². The van der Waals surface area contributed by atoms with Gasteiger partial charge in [0.05, 0.1) is 12.3 Å². The Bertz CT molecular complexity index is 535. The fraction of sp³-hybridized carbons (Fsp3) is 0. The zero-order chi connectivity index (χ0) is 12.1. The number of nitro groups is 1. The molecule has 86 valence electrons. The predicted molar refractivity (Wildman–Crippen MR) is 60.8 cm³/mol. The second-order valence-electron chi connectivity index (χ2n) is 3.02. The largest absolute Gasteiger partial charge is 0.433 e. The van der Waals surface area contributed by atoms with Crippen LogP contribution in [0.4, 0.5) is 11.7 Å². The van der Waals surface area contributed by atoms with Crippen LogP contribution < -0.4 is 5.43 Å². The van der Waals surface area contributed by atoms with Crippen molar-refractivity contribution in [1.29, 1.82) is 0 Å². The lowest BCUT2D eigenvalue weighted by Gasteiger charge is -1.95. The molecule has 2 rings (SSSR count). The minimum Gasteiger partial charge on any atom is -0.400 e. The Hall–Kier alpha value is -2.70. The van der Waals surface area contributed by atoms with Crippen LogP contribution in [0, 0.1) is 10.1 Å². The van der Waals surface area contributed by atoms with Gasteiger partial charge >= 0.3 is 5.88 Å². The van der Waals surface area contributed by atoms with Gasteiger partial charge in [-0.05, 0) is 18.2 Å². The van der Waals surface area contributed by atoms with Gasteiger partial charge in [-0.15, -0.1) is 0 Å². The van der Waals surface area contributed by atoms with E-state index in [9.17, 15) is 10.1 Å². The third-order valence-corrected chi connectivity index (χ3v) is 1.83. The molecule has 0 aliphatic carbocycles. The molecule has 0 fully saturated rings. The summed E-state index contributed by atoms with van der Waals surface area (Å²) in [5.74, 6) is 0.550. The van der Waals surface area contributed by atoms with Gasteiger partial charge in [-0.2, -0.15) is 5.10 Å². The van der Waals surface area contributed by atoms with E-state index in [0.29, 0.717) is 11.6 Å². The van der Waals surface area contributed by atoms with E-state index in [-0.39, 0.29) is 5.88 Å². The molecular formula is C10H8N4O3. The molecule has 2 heterocycles. The normalized spacial score (nSPS) is 10.6. The summed E-state index contributed by atoms with van der Waals surface area (Å²) in [6.07, 6.45) is 2.96. The van der Waals surface area contributed by atoms with Crippen molar-refractivity contribution in [2.45, 2.75) is 0 Å². The fourth-order valence-corrected chi connectivity index (χ4v) is 1.10. The maximum atomic E-state index is 10.4. The number of anilines is 1. The first-order chi connectivity index (χ1) is 8.25. The Morgan fingerprint density at radius 2 is 2.29 bits per heavy atom. The molecule has 0 saturated carbocycles. The van der Waals surface area contributed by atoms with Crippen LogP contribution in [0.5, 0.6) is 0 Å². The van der Waals surface area contributed by atoms with Crippen LogP contribution in [0.1, 0.15) is 5.76 Å². The average Bonchev–Trinajstić information content (AvgIpc) is 2.79. The molecule has 1 N–H and O–H groups in total. The summed E-state index contributed by atoms with van der Waals surface area (Å²) in [4.78, 5) is 13.7. The van der Waals surface area contributed by atoms with Gasteiger partial charge in [0.1, 0.15) is 10.7 Å². The minimum atomic E-state index is -0.608. The van der Waals surface area contributed by atoms with Gasteiger partial charge in [0.25, 0.3) is 0 Å². The van der Waals surface area contributed by atoms with Crippen molar-refractivity contribution in [1.82, 2.24) is 4.98 Å². The zero-order valence-electron chi connectivity index (χ0n) is 8.61. The highest BCUT2D eigenvalue weighted by Crippen LogP contribution is 2.13. The number of hydrogen-bond acceptors (Lipinski definition) is 6. The third-order valence-electron chi connectivity index (χ3n) is 1.83. The summed E-state index contributed by atoms with van der Waals surface area (Å²) < 4.78 is 4.87. The Labute approximate surface area is 95.9 Å². The summed E-state index contributed by atoms with van der Waals surface area (Å²) in [5.41, 5.74) is 2.66. The van der Waals surface area contributed by atoms with Crippen molar-refractivity contribution in [3.63, 3.8) is 0 Å². The van der Waals surface area contributed by atoms with E-state index in [1.165, 1.54) is 18.3 Å². The standard InChI is InChI=1S/C10H8N4O3/c15-14(16)10-5-4-8(17-10)7-12-13-9-3-1-2-6-11-9/h1-7H,(H,11,13)/b12-7+.